The van der Waals surface area contributed by atoms with Crippen molar-refractivity contribution >= 4 is 43.1 Å². The first kappa shape index (κ1) is 84.5. The largest absolute Gasteiger partial charge is 0.213 e. The standard InChI is InChI=1S/4C30H32N/c1-19-12-13-31(7)28(14-19)23-18-27-24(15-20(23)2)25-16-21-10-8-9-11-22(21)17-26(25)29(3,4)30(27,5)6;1-19-14-15-31(7)27(16-19)23-18-26-24(17-20(23)2)28-22-11-9-8-10-21(22)12-13-25(28)29(3,4)30(26,5)6;1-19-14-15-31(7)27(16-19)24-18-26-25(17-20(24)2)23-13-12-21-10-8-9-11-22(21)28(23)30(5,6)29(26,3)4;1-19-14-15-31(7)26(16-19)27-20(2)12-13-24-28(27)23-17-21-10-8-9-11-22(21)18-25(23)30(5,6)29(24,3)4/h4*8-18H,1-7H3/q4*+1. The molecule has 624 valence electrons. The van der Waals surface area contributed by atoms with Crippen LogP contribution >= 0.6 is 0 Å². The molecule has 124 heavy (non-hydrogen) atoms. The molecule has 4 heteroatoms. The highest BCUT2D eigenvalue weighted by molar-refractivity contribution is 6.03. The van der Waals surface area contributed by atoms with Crippen LogP contribution in [0.3, 0.4) is 0 Å². The molecule has 4 heterocycles. The Morgan fingerprint density at radius 2 is 0.476 bits per heavy atom. The number of pyridine rings is 4. The van der Waals surface area contributed by atoms with Crippen LogP contribution in [0.2, 0.25) is 0 Å². The normalized spacial score (nSPS) is 16.1. The summed E-state index contributed by atoms with van der Waals surface area (Å²) in [7, 11) is 8.59. The molecule has 0 bridgehead atoms. The highest BCUT2D eigenvalue weighted by atomic mass is 14.9. The van der Waals surface area contributed by atoms with Gasteiger partial charge in [0.1, 0.15) is 28.2 Å². The molecule has 0 amide bonds. The highest BCUT2D eigenvalue weighted by Crippen LogP contribution is 2.62. The van der Waals surface area contributed by atoms with Gasteiger partial charge in [0, 0.05) is 70.6 Å². The first-order chi connectivity index (χ1) is 58.5. The first-order valence-corrected chi connectivity index (χ1v) is 45.1. The predicted octanol–water partition coefficient (Wildman–Crippen LogP) is 28.7. The molecule has 0 radical (unpaired) electrons. The molecule has 0 aliphatic heterocycles. The summed E-state index contributed by atoms with van der Waals surface area (Å²) in [6.45, 7) is 56.4. The fourth-order valence-corrected chi connectivity index (χ4v) is 21.6. The van der Waals surface area contributed by atoms with Crippen LogP contribution in [-0.4, -0.2) is 0 Å². The van der Waals surface area contributed by atoms with Gasteiger partial charge in [0.05, 0.1) is 5.56 Å². The molecule has 0 spiro atoms. The number of benzene rings is 12. The third kappa shape index (κ3) is 13.2. The van der Waals surface area contributed by atoms with Crippen molar-refractivity contribution in [3.05, 3.63) is 356 Å². The van der Waals surface area contributed by atoms with E-state index in [-0.39, 0.29) is 43.3 Å². The van der Waals surface area contributed by atoms with E-state index in [4.69, 9.17) is 0 Å². The average molecular weight is 1630 g/mol. The van der Waals surface area contributed by atoms with E-state index in [9.17, 15) is 0 Å². The molecule has 4 aliphatic carbocycles. The molecular formula is C120H128N4+4. The SMILES string of the molecule is Cc1cc[n+](C)c(-c2c(C)ccc3c2-c2cc4ccccc4cc2C(C)(C)C3(C)C)c1.Cc1cc[n+](C)c(-c2cc3c(cc2C)-c2c(ccc4ccccc24)C(C)(C)C3(C)C)c1.Cc1cc[n+](C)c(-c2cc3c(cc2C)-c2cc4ccccc4cc2C(C)(C)C3(C)C)c1.Cc1cc[n+](C)c(-c2cc3c(cc2C)-c2ccc4ccccc4c2C(C)(C)C3(C)C)c1. The third-order valence-corrected chi connectivity index (χ3v) is 32.2. The van der Waals surface area contributed by atoms with Crippen molar-refractivity contribution < 1.29 is 18.3 Å². The maximum absolute atomic E-state index is 2.48. The van der Waals surface area contributed by atoms with E-state index in [2.05, 4.69) is 480 Å². The zero-order valence-corrected chi connectivity index (χ0v) is 79.2. The van der Waals surface area contributed by atoms with Gasteiger partial charge in [-0.05, 0) is 312 Å². The zero-order valence-electron chi connectivity index (χ0n) is 79.2. The van der Waals surface area contributed by atoms with Gasteiger partial charge in [0.15, 0.2) is 24.8 Å². The van der Waals surface area contributed by atoms with Crippen molar-refractivity contribution in [1.82, 2.24) is 0 Å². The number of hydrogen-bond donors (Lipinski definition) is 0. The summed E-state index contributed by atoms with van der Waals surface area (Å²) >= 11 is 0. The van der Waals surface area contributed by atoms with E-state index >= 15 is 0 Å². The van der Waals surface area contributed by atoms with Crippen LogP contribution in [0, 0.1) is 55.4 Å². The van der Waals surface area contributed by atoms with Crippen LogP contribution < -0.4 is 18.3 Å². The van der Waals surface area contributed by atoms with Gasteiger partial charge in [0.2, 0.25) is 22.8 Å². The summed E-state index contributed by atoms with van der Waals surface area (Å²) < 4.78 is 8.99. The predicted molar refractivity (Wildman–Crippen MR) is 526 cm³/mol. The summed E-state index contributed by atoms with van der Waals surface area (Å²) in [4.78, 5) is 0. The first-order valence-electron chi connectivity index (χ1n) is 45.1. The Bertz CT molecular complexity index is 6970. The maximum atomic E-state index is 2.48. The number of nitrogens with zero attached hydrogens (tertiary/aromatic N) is 4. The third-order valence-electron chi connectivity index (χ3n) is 32.2. The summed E-state index contributed by atoms with van der Waals surface area (Å²) in [5.74, 6) is 0. The number of fused-ring (bicyclic) bond motifs is 18. The second kappa shape index (κ2) is 30.0. The van der Waals surface area contributed by atoms with Gasteiger partial charge in [-0.2, -0.15) is 0 Å². The Morgan fingerprint density at radius 3 is 0.927 bits per heavy atom. The van der Waals surface area contributed by atoms with Gasteiger partial charge in [-0.25, -0.2) is 18.3 Å². The highest BCUT2D eigenvalue weighted by Gasteiger charge is 2.52. The van der Waals surface area contributed by atoms with Crippen molar-refractivity contribution in [2.24, 2.45) is 28.2 Å². The van der Waals surface area contributed by atoms with Crippen LogP contribution in [0.1, 0.15) is 200 Å². The number of aromatic nitrogens is 4. The Labute approximate surface area is 740 Å². The van der Waals surface area contributed by atoms with Gasteiger partial charge < -0.3 is 0 Å². The molecule has 4 aromatic heterocycles. The Kier molecular flexibility index (Phi) is 20.5. The summed E-state index contributed by atoms with van der Waals surface area (Å²) in [5.41, 5.74) is 43.8. The van der Waals surface area contributed by atoms with Crippen LogP contribution in [0.15, 0.2) is 267 Å². The topological polar surface area (TPSA) is 15.5 Å². The fraction of sp³-hybridized carbons (Fsp3) is 0.300. The summed E-state index contributed by atoms with van der Waals surface area (Å²) in [6, 6.07) is 91.6. The second-order valence-corrected chi connectivity index (χ2v) is 41.5. The molecule has 0 saturated carbocycles. The van der Waals surface area contributed by atoms with Crippen molar-refractivity contribution in [3.8, 4) is 89.5 Å². The molecular weight excluding hydrogens is 1500 g/mol. The fourth-order valence-electron chi connectivity index (χ4n) is 21.6. The number of rotatable bonds is 4. The van der Waals surface area contributed by atoms with Crippen molar-refractivity contribution in [3.63, 3.8) is 0 Å². The van der Waals surface area contributed by atoms with Gasteiger partial charge in [-0.1, -0.05) is 262 Å². The second-order valence-electron chi connectivity index (χ2n) is 41.5. The average Bonchev–Trinajstić information content (AvgIpc) is 0.706. The minimum Gasteiger partial charge on any atom is -0.201 e. The summed E-state index contributed by atoms with van der Waals surface area (Å²) in [5, 5.41) is 10.7. The molecule has 4 nitrogen and oxygen atoms in total. The van der Waals surface area contributed by atoms with E-state index in [0.717, 1.165) is 0 Å². The van der Waals surface area contributed by atoms with Crippen molar-refractivity contribution in [1.29, 1.82) is 0 Å². The van der Waals surface area contributed by atoms with E-state index < -0.39 is 0 Å². The Balaban J connectivity index is 0.000000117. The molecule has 20 rings (SSSR count). The van der Waals surface area contributed by atoms with Gasteiger partial charge in [-0.3, -0.25) is 0 Å². The molecule has 12 aromatic carbocycles. The van der Waals surface area contributed by atoms with Crippen molar-refractivity contribution in [2.45, 2.75) is 209 Å². The van der Waals surface area contributed by atoms with Crippen LogP contribution in [0.5, 0.6) is 0 Å². The van der Waals surface area contributed by atoms with E-state index in [0.29, 0.717) is 0 Å². The van der Waals surface area contributed by atoms with E-state index in [1.165, 1.54) is 222 Å². The summed E-state index contributed by atoms with van der Waals surface area (Å²) in [6.07, 6.45) is 8.68. The lowest BCUT2D eigenvalue weighted by molar-refractivity contribution is -0.660. The van der Waals surface area contributed by atoms with E-state index in [1.54, 1.807) is 0 Å². The monoisotopic (exact) mass is 1630 g/mol. The van der Waals surface area contributed by atoms with E-state index in [1.807, 2.05) is 0 Å². The quantitative estimate of drug-likeness (QED) is 0.156. The lowest BCUT2D eigenvalue weighted by Crippen LogP contribution is -2.44. The smallest absolute Gasteiger partial charge is 0.201 e. The zero-order chi connectivity index (χ0) is 88.5. The Hall–Kier alpha value is -11.7. The molecule has 0 atom stereocenters. The van der Waals surface area contributed by atoms with Gasteiger partial charge in [0.25, 0.3) is 0 Å². The maximum Gasteiger partial charge on any atom is 0.213 e. The molecule has 0 fully saturated rings. The van der Waals surface area contributed by atoms with Gasteiger partial charge >= 0.3 is 0 Å². The Morgan fingerprint density at radius 1 is 0.185 bits per heavy atom. The molecule has 0 unspecified atom stereocenters. The minimum atomic E-state index is -0.00962. The van der Waals surface area contributed by atoms with Crippen LogP contribution in [-0.2, 0) is 71.5 Å². The van der Waals surface area contributed by atoms with Gasteiger partial charge in [-0.15, -0.1) is 0 Å². The molecule has 16 aromatic rings. The van der Waals surface area contributed by atoms with Crippen LogP contribution in [0.4, 0.5) is 0 Å². The van der Waals surface area contributed by atoms with Crippen LogP contribution in [0.25, 0.3) is 133 Å². The molecule has 0 N–H and O–H groups in total. The molecule has 0 saturated heterocycles. The van der Waals surface area contributed by atoms with Crippen molar-refractivity contribution in [2.75, 3.05) is 0 Å². The lowest BCUT2D eigenvalue weighted by atomic mass is 9.54. The number of hydrogen-bond acceptors (Lipinski definition) is 0. The minimum absolute atomic E-state index is 0.00246. The molecule has 4 aliphatic rings. The lowest BCUT2D eigenvalue weighted by Gasteiger charge is -2.49. The number of aryl methyl sites for hydroxylation is 12.